The van der Waals surface area contributed by atoms with E-state index in [1.807, 2.05) is 16.7 Å². The first kappa shape index (κ1) is 22.7. The lowest BCUT2D eigenvalue weighted by Crippen LogP contribution is -2.44. The second-order valence-corrected chi connectivity index (χ2v) is 9.59. The Hall–Kier alpha value is -3.07. The molecule has 7 nitrogen and oxygen atoms in total. The summed E-state index contributed by atoms with van der Waals surface area (Å²) in [7, 11) is 0. The minimum absolute atomic E-state index is 0.135. The summed E-state index contributed by atoms with van der Waals surface area (Å²) in [6, 6.07) is 13.5. The number of ether oxygens (including phenoxy) is 2. The minimum Gasteiger partial charge on any atom is -0.485 e. The van der Waals surface area contributed by atoms with Gasteiger partial charge in [0.05, 0.1) is 6.54 Å². The smallest absolute Gasteiger partial charge is 0.265 e. The van der Waals surface area contributed by atoms with E-state index in [2.05, 4.69) is 15.5 Å². The van der Waals surface area contributed by atoms with Crippen molar-refractivity contribution in [3.63, 3.8) is 0 Å². The Kier molecular flexibility index (Phi) is 6.99. The number of halogens is 1. The maximum atomic E-state index is 13.6. The third-order valence-corrected chi connectivity index (χ3v) is 7.34. The average molecular weight is 483 g/mol. The van der Waals surface area contributed by atoms with E-state index in [0.717, 1.165) is 16.6 Å². The van der Waals surface area contributed by atoms with E-state index in [1.54, 1.807) is 36.0 Å². The molecule has 5 rings (SSSR count). The lowest BCUT2D eigenvalue weighted by atomic mass is 9.91. The number of fused-ring (bicyclic) bond motifs is 1. The molecule has 2 aliphatic rings. The van der Waals surface area contributed by atoms with Crippen molar-refractivity contribution in [2.24, 2.45) is 5.92 Å². The molecule has 0 bridgehead atoms. The molecule has 0 radical (unpaired) electrons. The number of aromatic nitrogens is 3. The Morgan fingerprint density at radius 2 is 1.82 bits per heavy atom. The summed E-state index contributed by atoms with van der Waals surface area (Å²) in [6.07, 6.45) is 5.62. The summed E-state index contributed by atoms with van der Waals surface area (Å²) in [6.45, 7) is 0.296. The highest BCUT2D eigenvalue weighted by Crippen LogP contribution is 2.32. The van der Waals surface area contributed by atoms with Crippen LogP contribution in [0, 0.1) is 11.7 Å². The Labute approximate surface area is 202 Å². The highest BCUT2D eigenvalue weighted by atomic mass is 32.2. The number of carbonyl (C=O) groups excluding carboxylic acids is 1. The van der Waals surface area contributed by atoms with Crippen LogP contribution in [0.2, 0.25) is 0 Å². The summed E-state index contributed by atoms with van der Waals surface area (Å²) in [4.78, 5) is 12.8. The molecule has 9 heteroatoms. The first-order chi connectivity index (χ1) is 16.7. The second-order valence-electron chi connectivity index (χ2n) is 8.61. The number of hydrogen-bond acceptors (Lipinski definition) is 6. The SMILES string of the molecule is O=C(NCc1nnc(SCC2CCCCC2)n1-c1ccc(F)cc1)C1COc2ccccc2O1. The van der Waals surface area contributed by atoms with E-state index in [4.69, 9.17) is 9.47 Å². The van der Waals surface area contributed by atoms with Crippen molar-refractivity contribution in [2.45, 2.75) is 49.9 Å². The highest BCUT2D eigenvalue weighted by Gasteiger charge is 2.28. The normalized spacial score (nSPS) is 18.0. The first-order valence-corrected chi connectivity index (χ1v) is 12.6. The number of nitrogens with zero attached hydrogens (tertiary/aromatic N) is 3. The molecule has 178 valence electrons. The summed E-state index contributed by atoms with van der Waals surface area (Å²) >= 11 is 1.67. The fourth-order valence-electron chi connectivity index (χ4n) is 4.33. The van der Waals surface area contributed by atoms with E-state index < -0.39 is 6.10 Å². The monoisotopic (exact) mass is 482 g/mol. The third kappa shape index (κ3) is 5.19. The molecule has 1 atom stereocenters. The summed E-state index contributed by atoms with van der Waals surface area (Å²) in [5.41, 5.74) is 0.757. The fraction of sp³-hybridized carbons (Fsp3) is 0.400. The van der Waals surface area contributed by atoms with Gasteiger partial charge < -0.3 is 14.8 Å². The van der Waals surface area contributed by atoms with Gasteiger partial charge in [-0.05, 0) is 55.2 Å². The number of hydrogen-bond donors (Lipinski definition) is 1. The molecule has 0 saturated heterocycles. The quantitative estimate of drug-likeness (QED) is 0.499. The van der Waals surface area contributed by atoms with E-state index >= 15 is 0 Å². The van der Waals surface area contributed by atoms with Crippen LogP contribution in [0.3, 0.4) is 0 Å². The van der Waals surface area contributed by atoms with Crippen LogP contribution in [0.15, 0.2) is 53.7 Å². The third-order valence-electron chi connectivity index (χ3n) is 6.18. The van der Waals surface area contributed by atoms with Crippen LogP contribution in [0.25, 0.3) is 5.69 Å². The molecular formula is C25H27FN4O3S. The largest absolute Gasteiger partial charge is 0.485 e. The van der Waals surface area contributed by atoms with Gasteiger partial charge in [0.1, 0.15) is 12.4 Å². The number of benzene rings is 2. The van der Waals surface area contributed by atoms with Crippen LogP contribution < -0.4 is 14.8 Å². The maximum absolute atomic E-state index is 13.6. The lowest BCUT2D eigenvalue weighted by Gasteiger charge is -2.25. The van der Waals surface area contributed by atoms with Crippen molar-refractivity contribution in [3.8, 4) is 17.2 Å². The first-order valence-electron chi connectivity index (χ1n) is 11.7. The van der Waals surface area contributed by atoms with Gasteiger partial charge in [0.15, 0.2) is 22.5 Å². The number of amides is 1. The van der Waals surface area contributed by atoms with Crippen LogP contribution in [0.1, 0.15) is 37.9 Å². The number of carbonyl (C=O) groups is 1. The standard InChI is InChI=1S/C25H27FN4O3S/c26-18-10-12-19(13-11-18)30-23(28-29-25(30)34-16-17-6-2-1-3-7-17)14-27-24(31)22-15-32-20-8-4-5-9-21(20)33-22/h4-5,8-13,17,22H,1-3,6-7,14-16H2,(H,27,31). The van der Waals surface area contributed by atoms with Crippen LogP contribution in [0.4, 0.5) is 4.39 Å². The van der Waals surface area contributed by atoms with Gasteiger partial charge in [0.25, 0.3) is 5.91 Å². The van der Waals surface area contributed by atoms with Gasteiger partial charge in [0, 0.05) is 11.4 Å². The van der Waals surface area contributed by atoms with E-state index in [0.29, 0.717) is 23.2 Å². The predicted octanol–water partition coefficient (Wildman–Crippen LogP) is 4.54. The summed E-state index contributed by atoms with van der Waals surface area (Å²) < 4.78 is 26.9. The second kappa shape index (κ2) is 10.5. The van der Waals surface area contributed by atoms with Gasteiger partial charge in [-0.15, -0.1) is 10.2 Å². The summed E-state index contributed by atoms with van der Waals surface area (Å²) in [5.74, 6) is 2.79. The Bertz CT molecular complexity index is 1130. The minimum atomic E-state index is -0.753. The molecule has 1 fully saturated rings. The molecule has 1 aliphatic heterocycles. The molecule has 1 aliphatic carbocycles. The number of thioether (sulfide) groups is 1. The molecule has 2 heterocycles. The van der Waals surface area contributed by atoms with Crippen molar-refractivity contribution >= 4 is 17.7 Å². The van der Waals surface area contributed by atoms with Crippen molar-refractivity contribution in [1.82, 2.24) is 20.1 Å². The lowest BCUT2D eigenvalue weighted by molar-refractivity contribution is -0.130. The molecule has 1 amide bonds. The molecular weight excluding hydrogens is 455 g/mol. The fourth-order valence-corrected chi connectivity index (χ4v) is 5.49. The highest BCUT2D eigenvalue weighted by molar-refractivity contribution is 7.99. The molecule has 2 aromatic carbocycles. The Morgan fingerprint density at radius 3 is 2.62 bits per heavy atom. The zero-order valence-corrected chi connectivity index (χ0v) is 19.6. The molecule has 1 unspecified atom stereocenters. The number of nitrogens with one attached hydrogen (secondary N) is 1. The zero-order valence-electron chi connectivity index (χ0n) is 18.8. The topological polar surface area (TPSA) is 78.3 Å². The van der Waals surface area contributed by atoms with E-state index in [9.17, 15) is 9.18 Å². The van der Waals surface area contributed by atoms with Crippen molar-refractivity contribution in [3.05, 3.63) is 60.2 Å². The van der Waals surface area contributed by atoms with Crippen molar-refractivity contribution < 1.29 is 18.7 Å². The Morgan fingerprint density at radius 1 is 1.06 bits per heavy atom. The van der Waals surface area contributed by atoms with Crippen LogP contribution in [-0.4, -0.2) is 39.1 Å². The van der Waals surface area contributed by atoms with Gasteiger partial charge in [-0.2, -0.15) is 0 Å². The van der Waals surface area contributed by atoms with Gasteiger partial charge >= 0.3 is 0 Å². The van der Waals surface area contributed by atoms with Gasteiger partial charge in [-0.1, -0.05) is 43.2 Å². The average Bonchev–Trinajstić information content (AvgIpc) is 3.29. The summed E-state index contributed by atoms with van der Waals surface area (Å²) in [5, 5.41) is 12.4. The van der Waals surface area contributed by atoms with Gasteiger partial charge in [-0.3, -0.25) is 9.36 Å². The zero-order chi connectivity index (χ0) is 23.3. The van der Waals surface area contributed by atoms with Crippen LogP contribution in [0.5, 0.6) is 11.5 Å². The molecule has 0 spiro atoms. The van der Waals surface area contributed by atoms with Crippen LogP contribution in [-0.2, 0) is 11.3 Å². The number of para-hydroxylation sites is 2. The predicted molar refractivity (Wildman–Crippen MR) is 127 cm³/mol. The molecule has 34 heavy (non-hydrogen) atoms. The van der Waals surface area contributed by atoms with Crippen molar-refractivity contribution in [1.29, 1.82) is 0 Å². The molecule has 1 saturated carbocycles. The van der Waals surface area contributed by atoms with Crippen molar-refractivity contribution in [2.75, 3.05) is 12.4 Å². The molecule has 3 aromatic rings. The Balaban J connectivity index is 1.29. The van der Waals surface area contributed by atoms with E-state index in [-0.39, 0.29) is 24.9 Å². The van der Waals surface area contributed by atoms with E-state index in [1.165, 1.54) is 44.2 Å². The molecule has 1 N–H and O–H groups in total. The van der Waals surface area contributed by atoms with Crippen LogP contribution >= 0.6 is 11.8 Å². The molecule has 1 aromatic heterocycles. The van der Waals surface area contributed by atoms with Gasteiger partial charge in [-0.25, -0.2) is 4.39 Å². The maximum Gasteiger partial charge on any atom is 0.265 e. The number of rotatable bonds is 7. The van der Waals surface area contributed by atoms with Gasteiger partial charge in [0.2, 0.25) is 6.10 Å².